The first-order chi connectivity index (χ1) is 12.3. The van der Waals surface area contributed by atoms with Gasteiger partial charge < -0.3 is 37.4 Å². The minimum absolute atomic E-state index is 0.287. The van der Waals surface area contributed by atoms with Crippen LogP contribution in [0.1, 0.15) is 37.2 Å². The number of rotatable bonds is 8. The fourth-order valence-corrected chi connectivity index (χ4v) is 2.70. The Bertz CT molecular complexity index is 673. The van der Waals surface area contributed by atoms with Gasteiger partial charge in [-0.2, -0.15) is 0 Å². The summed E-state index contributed by atoms with van der Waals surface area (Å²) in [6.07, 6.45) is -2.02. The number of benzene rings is 2. The molecule has 0 aliphatic heterocycles. The predicted octanol–water partition coefficient (Wildman–Crippen LogP) is 1.84. The maximum absolute atomic E-state index is 10.2. The summed E-state index contributed by atoms with van der Waals surface area (Å²) in [6, 6.07) is 10.5. The molecule has 0 heterocycles. The van der Waals surface area contributed by atoms with Crippen molar-refractivity contribution in [3.05, 3.63) is 47.5 Å². The van der Waals surface area contributed by atoms with Crippen molar-refractivity contribution >= 4 is 22.7 Å². The molecule has 0 aliphatic carbocycles. The number of hydrogen-bond acceptors (Lipinski definition) is 7. The van der Waals surface area contributed by atoms with Gasteiger partial charge in [0.15, 0.2) is 0 Å². The Hall–Kier alpha value is -2.48. The van der Waals surface area contributed by atoms with E-state index in [1.807, 2.05) is 0 Å². The molecule has 0 radical (unpaired) electrons. The highest BCUT2D eigenvalue weighted by atomic mass is 16.3. The van der Waals surface area contributed by atoms with Crippen molar-refractivity contribution in [3.63, 3.8) is 0 Å². The third kappa shape index (κ3) is 5.26. The van der Waals surface area contributed by atoms with Gasteiger partial charge in [-0.05, 0) is 50.2 Å². The molecule has 0 saturated heterocycles. The van der Waals surface area contributed by atoms with Crippen molar-refractivity contribution in [1.29, 1.82) is 0 Å². The van der Waals surface area contributed by atoms with E-state index >= 15 is 0 Å². The van der Waals surface area contributed by atoms with Gasteiger partial charge in [0.05, 0.1) is 18.3 Å². The first-order valence-electron chi connectivity index (χ1n) is 8.58. The topological polar surface area (TPSA) is 137 Å². The maximum Gasteiger partial charge on any atom is 0.0884 e. The molecule has 142 valence electrons. The first kappa shape index (κ1) is 19.8. The van der Waals surface area contributed by atoms with Crippen LogP contribution in [0.25, 0.3) is 0 Å². The Balaban J connectivity index is 1.95. The molecule has 2 unspecified atom stereocenters. The largest absolute Gasteiger partial charge is 0.399 e. The van der Waals surface area contributed by atoms with Gasteiger partial charge in [0.2, 0.25) is 0 Å². The minimum Gasteiger partial charge on any atom is -0.399 e. The molecule has 2 rings (SSSR count). The number of nitrogens with one attached hydrogen (secondary N) is 2. The van der Waals surface area contributed by atoms with Gasteiger partial charge in [0, 0.05) is 47.0 Å². The van der Waals surface area contributed by atoms with Crippen molar-refractivity contribution in [3.8, 4) is 0 Å². The summed E-state index contributed by atoms with van der Waals surface area (Å²) in [5.74, 6) is 0. The third-order valence-corrected chi connectivity index (χ3v) is 4.11. The Labute approximate surface area is 153 Å². The third-order valence-electron chi connectivity index (χ3n) is 4.11. The van der Waals surface area contributed by atoms with E-state index in [2.05, 4.69) is 10.6 Å². The number of hydrogen-bond donors (Lipinski definition) is 7. The van der Waals surface area contributed by atoms with E-state index < -0.39 is 18.3 Å². The summed E-state index contributed by atoms with van der Waals surface area (Å²) in [7, 11) is 0. The number of aliphatic hydroxyl groups excluding tert-OH is 3. The Kier molecular flexibility index (Phi) is 6.68. The lowest BCUT2D eigenvalue weighted by molar-refractivity contribution is 0.195. The summed E-state index contributed by atoms with van der Waals surface area (Å²) in [4.78, 5) is 0. The van der Waals surface area contributed by atoms with E-state index in [1.54, 1.807) is 50.2 Å². The second kappa shape index (κ2) is 8.75. The van der Waals surface area contributed by atoms with Crippen LogP contribution in [-0.2, 0) is 0 Å². The molecular weight excluding hydrogens is 332 g/mol. The normalized spacial score (nSPS) is 14.5. The molecule has 0 amide bonds. The molecule has 2 aromatic rings. The summed E-state index contributed by atoms with van der Waals surface area (Å²) in [5.41, 5.74) is 15.5. The van der Waals surface area contributed by atoms with Gasteiger partial charge in [-0.15, -0.1) is 0 Å². The van der Waals surface area contributed by atoms with E-state index in [0.29, 0.717) is 22.5 Å². The quantitative estimate of drug-likeness (QED) is 0.357. The number of nitrogens with two attached hydrogens (primary N) is 2. The minimum atomic E-state index is -0.686. The zero-order valence-corrected chi connectivity index (χ0v) is 15.1. The van der Waals surface area contributed by atoms with E-state index in [0.717, 1.165) is 11.4 Å². The van der Waals surface area contributed by atoms with Crippen molar-refractivity contribution < 1.29 is 15.3 Å². The Morgan fingerprint density at radius 1 is 0.769 bits per heavy atom. The van der Waals surface area contributed by atoms with Crippen LogP contribution in [0.2, 0.25) is 0 Å². The lowest BCUT2D eigenvalue weighted by atomic mass is 10.1. The van der Waals surface area contributed by atoms with Crippen LogP contribution in [-0.4, -0.2) is 34.5 Å². The van der Waals surface area contributed by atoms with E-state index in [-0.39, 0.29) is 13.1 Å². The van der Waals surface area contributed by atoms with Crippen LogP contribution >= 0.6 is 0 Å². The molecule has 26 heavy (non-hydrogen) atoms. The molecular formula is C19H28N4O3. The van der Waals surface area contributed by atoms with Crippen molar-refractivity contribution in [2.24, 2.45) is 0 Å². The highest BCUT2D eigenvalue weighted by molar-refractivity contribution is 5.60. The summed E-state index contributed by atoms with van der Waals surface area (Å²) >= 11 is 0. The fraction of sp³-hybridized carbons (Fsp3) is 0.368. The van der Waals surface area contributed by atoms with Crippen molar-refractivity contribution in [1.82, 2.24) is 0 Å². The van der Waals surface area contributed by atoms with Crippen LogP contribution in [0.3, 0.4) is 0 Å². The highest BCUT2D eigenvalue weighted by Gasteiger charge is 2.12. The maximum atomic E-state index is 10.2. The van der Waals surface area contributed by atoms with E-state index in [4.69, 9.17) is 11.5 Å². The van der Waals surface area contributed by atoms with Gasteiger partial charge in [0.1, 0.15) is 0 Å². The molecule has 7 heteroatoms. The van der Waals surface area contributed by atoms with Gasteiger partial charge >= 0.3 is 0 Å². The van der Waals surface area contributed by atoms with Crippen LogP contribution in [0.15, 0.2) is 36.4 Å². The number of nitrogen functional groups attached to an aromatic ring is 2. The molecule has 7 nitrogen and oxygen atoms in total. The summed E-state index contributed by atoms with van der Waals surface area (Å²) in [6.45, 7) is 3.90. The van der Waals surface area contributed by atoms with Crippen LogP contribution in [0.4, 0.5) is 22.7 Å². The highest BCUT2D eigenvalue weighted by Crippen LogP contribution is 2.26. The molecule has 0 aliphatic rings. The van der Waals surface area contributed by atoms with Crippen molar-refractivity contribution in [2.45, 2.75) is 32.2 Å². The van der Waals surface area contributed by atoms with E-state index in [1.165, 1.54) is 0 Å². The second-order valence-corrected chi connectivity index (χ2v) is 6.46. The molecule has 2 atom stereocenters. The fourth-order valence-electron chi connectivity index (χ4n) is 2.70. The van der Waals surface area contributed by atoms with Gasteiger partial charge in [0.25, 0.3) is 0 Å². The van der Waals surface area contributed by atoms with Crippen LogP contribution < -0.4 is 22.1 Å². The molecule has 0 saturated carbocycles. The smallest absolute Gasteiger partial charge is 0.0884 e. The molecule has 0 spiro atoms. The zero-order valence-electron chi connectivity index (χ0n) is 15.1. The standard InChI is InChI=1S/C19H28N4O3/c1-11(24)16-7-13(20)3-5-18(16)22-9-15(26)10-23-19-6-4-14(21)8-17(19)12(2)25/h3-8,11-12,15,22-26H,9-10,20-21H2,1-2H3. The Morgan fingerprint density at radius 2 is 1.15 bits per heavy atom. The summed E-state index contributed by atoms with van der Waals surface area (Å²) < 4.78 is 0. The predicted molar refractivity (Wildman–Crippen MR) is 106 cm³/mol. The van der Waals surface area contributed by atoms with E-state index in [9.17, 15) is 15.3 Å². The molecule has 9 N–H and O–H groups in total. The lowest BCUT2D eigenvalue weighted by Gasteiger charge is -2.19. The molecule has 0 aromatic heterocycles. The van der Waals surface area contributed by atoms with Gasteiger partial charge in [-0.3, -0.25) is 0 Å². The SMILES string of the molecule is CC(O)c1cc(N)ccc1NCC(O)CNc1ccc(N)cc1C(C)O. The molecule has 0 fully saturated rings. The lowest BCUT2D eigenvalue weighted by Crippen LogP contribution is -2.28. The van der Waals surface area contributed by atoms with Crippen molar-refractivity contribution in [2.75, 3.05) is 35.2 Å². The summed E-state index contributed by atoms with van der Waals surface area (Å²) in [5, 5.41) is 36.2. The molecule has 2 aromatic carbocycles. The average Bonchev–Trinajstić information content (AvgIpc) is 2.59. The second-order valence-electron chi connectivity index (χ2n) is 6.46. The zero-order chi connectivity index (χ0) is 19.3. The van der Waals surface area contributed by atoms with Crippen LogP contribution in [0, 0.1) is 0 Å². The average molecular weight is 360 g/mol. The van der Waals surface area contributed by atoms with Crippen LogP contribution in [0.5, 0.6) is 0 Å². The number of anilines is 4. The first-order valence-corrected chi connectivity index (χ1v) is 8.58. The van der Waals surface area contributed by atoms with Gasteiger partial charge in [-0.1, -0.05) is 0 Å². The van der Waals surface area contributed by atoms with Gasteiger partial charge in [-0.25, -0.2) is 0 Å². The molecule has 0 bridgehead atoms. The monoisotopic (exact) mass is 360 g/mol. The number of aliphatic hydroxyl groups is 3. The Morgan fingerprint density at radius 3 is 1.50 bits per heavy atom.